The smallest absolute Gasteiger partial charge is 0.239 e. The molecule has 2 aromatic heterocycles. The van der Waals surface area contributed by atoms with Crippen LogP contribution in [0, 0.1) is 0 Å². The maximum atomic E-state index is 5.97. The molecule has 0 amide bonds. The molecule has 92 valence electrons. The number of nitrogens with two attached hydrogens (primary N) is 1. The molecule has 3 aromatic rings. The summed E-state index contributed by atoms with van der Waals surface area (Å²) < 4.78 is 2.03. The van der Waals surface area contributed by atoms with Crippen molar-refractivity contribution < 1.29 is 0 Å². The van der Waals surface area contributed by atoms with Gasteiger partial charge >= 0.3 is 0 Å². The second kappa shape index (κ2) is 3.99. The highest BCUT2D eigenvalue weighted by atomic mass is 35.5. The van der Waals surface area contributed by atoms with Gasteiger partial charge in [0.05, 0.1) is 11.0 Å². The van der Waals surface area contributed by atoms with Crippen LogP contribution >= 0.6 is 11.6 Å². The van der Waals surface area contributed by atoms with Gasteiger partial charge < -0.3 is 10.3 Å². The first-order chi connectivity index (χ1) is 8.69. The van der Waals surface area contributed by atoms with Crippen molar-refractivity contribution in [2.24, 2.45) is 0 Å². The zero-order chi connectivity index (χ0) is 12.7. The summed E-state index contributed by atoms with van der Waals surface area (Å²) in [4.78, 5) is 8.62. The summed E-state index contributed by atoms with van der Waals surface area (Å²) in [5.41, 5.74) is 7.35. The van der Waals surface area contributed by atoms with Crippen LogP contribution in [0.3, 0.4) is 0 Å². The third-order valence-corrected chi connectivity index (χ3v) is 2.98. The van der Waals surface area contributed by atoms with Gasteiger partial charge in [0.1, 0.15) is 0 Å². The topological polar surface area (TPSA) is 85.4 Å². The van der Waals surface area contributed by atoms with Crippen LogP contribution in [0.25, 0.3) is 22.7 Å². The van der Waals surface area contributed by atoms with Crippen LogP contribution in [0.5, 0.6) is 0 Å². The number of hydrogen-bond donors (Lipinski definition) is 2. The van der Waals surface area contributed by atoms with Gasteiger partial charge in [-0.1, -0.05) is 11.6 Å². The lowest BCUT2D eigenvalue weighted by Gasteiger charge is -2.02. The lowest BCUT2D eigenvalue weighted by Crippen LogP contribution is -1.98. The number of benzene rings is 1. The third-order valence-electron chi connectivity index (χ3n) is 2.74. The first-order valence-electron chi connectivity index (χ1n) is 5.53. The lowest BCUT2D eigenvalue weighted by molar-refractivity contribution is 0.789. The normalized spacial score (nSPS) is 11.2. The number of halogens is 1. The third kappa shape index (κ3) is 1.62. The van der Waals surface area contributed by atoms with E-state index in [2.05, 4.69) is 20.2 Å². The highest BCUT2D eigenvalue weighted by molar-refractivity contribution is 6.31. The van der Waals surface area contributed by atoms with Gasteiger partial charge in [-0.3, -0.25) is 5.10 Å². The van der Waals surface area contributed by atoms with Gasteiger partial charge in [-0.15, -0.1) is 5.10 Å². The zero-order valence-corrected chi connectivity index (χ0v) is 10.4. The van der Waals surface area contributed by atoms with E-state index < -0.39 is 0 Å². The van der Waals surface area contributed by atoms with E-state index in [-0.39, 0.29) is 5.95 Å². The van der Waals surface area contributed by atoms with Crippen molar-refractivity contribution in [3.05, 3.63) is 23.2 Å². The van der Waals surface area contributed by atoms with E-state index in [4.69, 9.17) is 17.3 Å². The number of aryl methyl sites for hydroxylation is 1. The summed E-state index contributed by atoms with van der Waals surface area (Å²) >= 11 is 5.97. The number of nitrogens with one attached hydrogen (secondary N) is 1. The van der Waals surface area contributed by atoms with Crippen molar-refractivity contribution in [1.82, 2.24) is 24.7 Å². The van der Waals surface area contributed by atoms with Crippen molar-refractivity contribution in [2.75, 3.05) is 5.73 Å². The Morgan fingerprint density at radius 2 is 2.22 bits per heavy atom. The molecule has 7 heteroatoms. The SMILES string of the molecule is CCn1c(-c2nc(N)n[nH]2)nc2cc(Cl)ccc21. The number of nitrogens with zero attached hydrogens (tertiary/aromatic N) is 4. The van der Waals surface area contributed by atoms with Crippen molar-refractivity contribution >= 4 is 28.6 Å². The summed E-state index contributed by atoms with van der Waals surface area (Å²) in [5.74, 6) is 1.47. The number of nitrogen functional groups attached to an aromatic ring is 1. The van der Waals surface area contributed by atoms with Gasteiger partial charge in [0.25, 0.3) is 0 Å². The Hall–Kier alpha value is -2.08. The lowest BCUT2D eigenvalue weighted by atomic mass is 10.3. The molecule has 0 saturated heterocycles. The fraction of sp³-hybridized carbons (Fsp3) is 0.182. The molecular weight excluding hydrogens is 252 g/mol. The van der Waals surface area contributed by atoms with Gasteiger partial charge in [0.15, 0.2) is 11.6 Å². The number of imidazole rings is 1. The van der Waals surface area contributed by atoms with Gasteiger partial charge in [-0.2, -0.15) is 4.98 Å². The molecule has 3 rings (SSSR count). The summed E-state index contributed by atoms with van der Waals surface area (Å²) in [7, 11) is 0. The van der Waals surface area contributed by atoms with E-state index in [1.54, 1.807) is 0 Å². The van der Waals surface area contributed by atoms with E-state index >= 15 is 0 Å². The van der Waals surface area contributed by atoms with Crippen molar-refractivity contribution in [3.8, 4) is 11.6 Å². The van der Waals surface area contributed by atoms with Gasteiger partial charge in [0, 0.05) is 11.6 Å². The quantitative estimate of drug-likeness (QED) is 0.740. The molecule has 0 aliphatic carbocycles. The van der Waals surface area contributed by atoms with E-state index in [9.17, 15) is 0 Å². The van der Waals surface area contributed by atoms with Crippen molar-refractivity contribution in [3.63, 3.8) is 0 Å². The monoisotopic (exact) mass is 262 g/mol. The molecule has 0 spiro atoms. The summed E-state index contributed by atoms with van der Waals surface area (Å²) in [6, 6.07) is 5.61. The Kier molecular flexibility index (Phi) is 2.45. The summed E-state index contributed by atoms with van der Waals surface area (Å²) in [6.45, 7) is 2.81. The van der Waals surface area contributed by atoms with Crippen molar-refractivity contribution in [2.45, 2.75) is 13.5 Å². The number of H-pyrrole nitrogens is 1. The van der Waals surface area contributed by atoms with Crippen LogP contribution in [0.4, 0.5) is 5.95 Å². The van der Waals surface area contributed by atoms with Crippen LogP contribution in [0.15, 0.2) is 18.2 Å². The average Bonchev–Trinajstić information content (AvgIpc) is 2.91. The van der Waals surface area contributed by atoms with E-state index in [0.717, 1.165) is 17.6 Å². The van der Waals surface area contributed by atoms with Gasteiger partial charge in [-0.25, -0.2) is 4.98 Å². The van der Waals surface area contributed by atoms with E-state index in [1.807, 2.05) is 29.7 Å². The molecule has 6 nitrogen and oxygen atoms in total. The standard InChI is InChI=1S/C11H11ClN6/c1-2-18-8-4-3-6(12)5-7(8)14-10(18)9-15-11(13)17-16-9/h3-5H,2H2,1H3,(H3,13,15,16,17). The predicted octanol–water partition coefficient (Wildman–Crippen LogP) is 2.08. The van der Waals surface area contributed by atoms with Crippen LogP contribution in [0.1, 0.15) is 6.92 Å². The second-order valence-corrected chi connectivity index (χ2v) is 4.29. The number of aromatic amines is 1. The molecule has 0 aliphatic heterocycles. The summed E-state index contributed by atoms with van der Waals surface area (Å²) in [6.07, 6.45) is 0. The molecule has 0 unspecified atom stereocenters. The predicted molar refractivity (Wildman–Crippen MR) is 70.2 cm³/mol. The molecule has 0 saturated carbocycles. The molecule has 0 aliphatic rings. The van der Waals surface area contributed by atoms with Crippen LogP contribution in [0.2, 0.25) is 5.02 Å². The first kappa shape index (κ1) is 11.0. The Morgan fingerprint density at radius 1 is 1.39 bits per heavy atom. The minimum atomic E-state index is 0.206. The average molecular weight is 263 g/mol. The molecule has 0 atom stereocenters. The number of aromatic nitrogens is 5. The highest BCUT2D eigenvalue weighted by Gasteiger charge is 2.14. The minimum Gasteiger partial charge on any atom is -0.366 e. The number of hydrogen-bond acceptors (Lipinski definition) is 4. The van der Waals surface area contributed by atoms with E-state index in [0.29, 0.717) is 16.7 Å². The molecule has 0 radical (unpaired) electrons. The zero-order valence-electron chi connectivity index (χ0n) is 9.68. The Morgan fingerprint density at radius 3 is 2.89 bits per heavy atom. The van der Waals surface area contributed by atoms with Crippen LogP contribution < -0.4 is 5.73 Å². The second-order valence-electron chi connectivity index (χ2n) is 3.85. The Balaban J connectivity index is 2.28. The van der Waals surface area contributed by atoms with Crippen molar-refractivity contribution in [1.29, 1.82) is 0 Å². The van der Waals surface area contributed by atoms with Crippen LogP contribution in [-0.2, 0) is 6.54 Å². The van der Waals surface area contributed by atoms with Gasteiger partial charge in [0.2, 0.25) is 5.95 Å². The summed E-state index contributed by atoms with van der Waals surface area (Å²) in [5, 5.41) is 7.25. The first-order valence-corrected chi connectivity index (χ1v) is 5.91. The minimum absolute atomic E-state index is 0.206. The molecule has 0 bridgehead atoms. The molecule has 0 fully saturated rings. The number of fused-ring (bicyclic) bond motifs is 1. The Bertz CT molecular complexity index is 713. The van der Waals surface area contributed by atoms with E-state index in [1.165, 1.54) is 0 Å². The Labute approximate surface area is 108 Å². The number of rotatable bonds is 2. The van der Waals surface area contributed by atoms with Gasteiger partial charge in [-0.05, 0) is 25.1 Å². The fourth-order valence-corrected chi connectivity index (χ4v) is 2.14. The molecule has 3 N–H and O–H groups in total. The fourth-order valence-electron chi connectivity index (χ4n) is 1.98. The highest BCUT2D eigenvalue weighted by Crippen LogP contribution is 2.24. The molecular formula is C11H11ClN6. The number of anilines is 1. The maximum Gasteiger partial charge on any atom is 0.239 e. The molecule has 2 heterocycles. The molecule has 18 heavy (non-hydrogen) atoms. The maximum absolute atomic E-state index is 5.97. The molecule has 1 aromatic carbocycles. The largest absolute Gasteiger partial charge is 0.366 e. The van der Waals surface area contributed by atoms with Crippen LogP contribution in [-0.4, -0.2) is 24.7 Å².